The zero-order chi connectivity index (χ0) is 43.2. The van der Waals surface area contributed by atoms with Gasteiger partial charge in [-0.25, -0.2) is 42.1 Å². The summed E-state index contributed by atoms with van der Waals surface area (Å²) in [6.45, 7) is 2.81. The molecule has 0 amide bonds. The van der Waals surface area contributed by atoms with Crippen molar-refractivity contribution in [2.45, 2.75) is 26.7 Å². The molecule has 6 aromatic heterocycles. The molecule has 0 atom stereocenters. The molecule has 0 saturated heterocycles. The number of aryl methyl sites for hydroxylation is 2. The predicted octanol–water partition coefficient (Wildman–Crippen LogP) is 10.3. The summed E-state index contributed by atoms with van der Waals surface area (Å²) in [5, 5.41) is 43.3. The number of fused-ring (bicyclic) bond motifs is 2. The van der Waals surface area contributed by atoms with Crippen molar-refractivity contribution in [2.24, 2.45) is 0 Å². The highest BCUT2D eigenvalue weighted by Gasteiger charge is 2.29. The standard InChI is InChI=1S/C21H13F2NO4S2.C20H12F2N2O4S2/c1-9-4-5-11(16(23)15(9)22)18-14(21(27)28)10(8-29-18)7-13(25)19-17(26)12-3-2-6-24-20(12)30-19;1-8-2-3-10(14(22)13(8)21)17-12(20(27)28)9(7-29-17)6-11(25)18-16(26)15-19(30-18)24-5-4-23-15/h2-6,8,26H,7H2,1H3,(H,27,28);2-5,7,26H,6H2,1H3,(H,27,28). The third-order valence-electron chi connectivity index (χ3n) is 9.15. The second-order valence-electron chi connectivity index (χ2n) is 13.0. The maximum atomic E-state index is 14.4. The van der Waals surface area contributed by atoms with Crippen molar-refractivity contribution in [2.75, 3.05) is 0 Å². The summed E-state index contributed by atoms with van der Waals surface area (Å²) in [6, 6.07) is 8.62. The molecule has 8 aromatic rings. The molecule has 60 heavy (non-hydrogen) atoms. The summed E-state index contributed by atoms with van der Waals surface area (Å²) < 4.78 is 56.8. The maximum absolute atomic E-state index is 14.4. The Labute approximate surface area is 351 Å². The highest BCUT2D eigenvalue weighted by Crippen LogP contribution is 2.41. The second-order valence-corrected chi connectivity index (χ2v) is 16.7. The Balaban J connectivity index is 0.000000181. The second kappa shape index (κ2) is 16.7. The van der Waals surface area contributed by atoms with Crippen molar-refractivity contribution in [3.63, 3.8) is 0 Å². The van der Waals surface area contributed by atoms with Crippen LogP contribution in [0.4, 0.5) is 17.6 Å². The van der Waals surface area contributed by atoms with E-state index in [4.69, 9.17) is 0 Å². The number of pyridine rings is 1. The molecule has 11 nitrogen and oxygen atoms in total. The smallest absolute Gasteiger partial charge is 0.337 e. The number of carbonyl (C=O) groups excluding carboxylic acids is 2. The first kappa shape index (κ1) is 41.7. The molecule has 0 aliphatic rings. The zero-order valence-corrected chi connectivity index (χ0v) is 33.9. The topological polar surface area (TPSA) is 188 Å². The molecule has 19 heteroatoms. The van der Waals surface area contributed by atoms with E-state index in [1.165, 1.54) is 67.5 Å². The number of carboxylic acids is 2. The van der Waals surface area contributed by atoms with E-state index in [0.29, 0.717) is 15.0 Å². The van der Waals surface area contributed by atoms with Gasteiger partial charge in [0.05, 0.1) is 26.3 Å². The molecular formula is C41H25F4N3O8S4. The lowest BCUT2D eigenvalue weighted by atomic mass is 10.0. The number of thiophene rings is 4. The fraction of sp³-hybridized carbons (Fsp3) is 0.0976. The number of aromatic hydroxyl groups is 2. The van der Waals surface area contributed by atoms with Gasteiger partial charge in [-0.05, 0) is 59.0 Å². The van der Waals surface area contributed by atoms with Crippen molar-refractivity contribution in [3.05, 3.63) is 132 Å². The van der Waals surface area contributed by atoms with E-state index in [1.54, 1.807) is 12.1 Å². The van der Waals surface area contributed by atoms with E-state index in [-0.39, 0.29) is 93.9 Å². The van der Waals surface area contributed by atoms with Gasteiger partial charge in [-0.3, -0.25) is 9.59 Å². The number of aromatic nitrogens is 3. The van der Waals surface area contributed by atoms with Crippen molar-refractivity contribution in [3.8, 4) is 32.4 Å². The summed E-state index contributed by atoms with van der Waals surface area (Å²) in [4.78, 5) is 62.4. The third kappa shape index (κ3) is 7.63. The van der Waals surface area contributed by atoms with Gasteiger partial charge >= 0.3 is 11.9 Å². The number of halogens is 4. The summed E-state index contributed by atoms with van der Waals surface area (Å²) in [5.41, 5.74) is -0.181. The van der Waals surface area contributed by atoms with Crippen LogP contribution in [0.2, 0.25) is 0 Å². The first-order valence-corrected chi connectivity index (χ1v) is 20.6. The SMILES string of the molecule is Cc1ccc(-c2scc(CC(=O)c3sc4ncccc4c3O)c2C(=O)O)c(F)c1F.Cc1ccc(-c2scc(CC(=O)c3sc4nccnc4c3O)c2C(=O)O)c(F)c1F. The van der Waals surface area contributed by atoms with E-state index < -0.39 is 46.8 Å². The van der Waals surface area contributed by atoms with Crippen LogP contribution in [0, 0.1) is 37.1 Å². The molecule has 0 bridgehead atoms. The minimum atomic E-state index is -1.36. The molecule has 0 saturated carbocycles. The van der Waals surface area contributed by atoms with Crippen LogP contribution in [-0.4, -0.2) is 58.9 Å². The molecule has 6 heterocycles. The molecule has 0 radical (unpaired) electrons. The van der Waals surface area contributed by atoms with Gasteiger partial charge in [-0.1, -0.05) is 24.3 Å². The average molecular weight is 892 g/mol. The van der Waals surface area contributed by atoms with Crippen LogP contribution in [0.3, 0.4) is 0 Å². The van der Waals surface area contributed by atoms with Crippen LogP contribution in [0.15, 0.2) is 65.7 Å². The Bertz CT molecular complexity index is 2860. The summed E-state index contributed by atoms with van der Waals surface area (Å²) in [7, 11) is 0. The number of nitrogens with zero attached hydrogens (tertiary/aromatic N) is 3. The summed E-state index contributed by atoms with van der Waals surface area (Å²) >= 11 is 3.79. The number of hydrogen-bond donors (Lipinski definition) is 4. The van der Waals surface area contributed by atoms with Crippen LogP contribution in [-0.2, 0) is 12.8 Å². The Morgan fingerprint density at radius 1 is 0.600 bits per heavy atom. The molecule has 2 aromatic carbocycles. The normalized spacial score (nSPS) is 11.2. The average Bonchev–Trinajstić information content (AvgIpc) is 4.00. The monoisotopic (exact) mass is 891 g/mol. The summed E-state index contributed by atoms with van der Waals surface area (Å²) in [5.74, 6) is -8.61. The van der Waals surface area contributed by atoms with Gasteiger partial charge in [0.25, 0.3) is 0 Å². The number of ketones is 2. The zero-order valence-electron chi connectivity index (χ0n) is 30.7. The van der Waals surface area contributed by atoms with Crippen molar-refractivity contribution in [1.82, 2.24) is 15.0 Å². The van der Waals surface area contributed by atoms with E-state index in [2.05, 4.69) is 15.0 Å². The number of benzene rings is 2. The molecule has 0 aliphatic heterocycles. The van der Waals surface area contributed by atoms with Crippen LogP contribution < -0.4 is 0 Å². The Hall–Kier alpha value is -6.41. The molecule has 0 unspecified atom stereocenters. The first-order chi connectivity index (χ1) is 28.6. The lowest BCUT2D eigenvalue weighted by molar-refractivity contribution is 0.0685. The van der Waals surface area contributed by atoms with Gasteiger partial charge in [0.2, 0.25) is 0 Å². The molecule has 4 N–H and O–H groups in total. The van der Waals surface area contributed by atoms with E-state index in [1.807, 2.05) is 0 Å². The predicted molar refractivity (Wildman–Crippen MR) is 219 cm³/mol. The molecule has 0 aliphatic carbocycles. The van der Waals surface area contributed by atoms with Crippen molar-refractivity contribution in [1.29, 1.82) is 0 Å². The fourth-order valence-corrected chi connectivity index (χ4v) is 10.2. The lowest BCUT2D eigenvalue weighted by Crippen LogP contribution is -2.07. The number of rotatable bonds is 10. The molecule has 304 valence electrons. The van der Waals surface area contributed by atoms with Gasteiger partial charge in [-0.2, -0.15) is 0 Å². The minimum absolute atomic E-state index is 0.00727. The highest BCUT2D eigenvalue weighted by molar-refractivity contribution is 7.21. The van der Waals surface area contributed by atoms with Crippen molar-refractivity contribution >= 4 is 89.4 Å². The van der Waals surface area contributed by atoms with E-state index >= 15 is 0 Å². The Morgan fingerprint density at radius 3 is 1.55 bits per heavy atom. The van der Waals surface area contributed by atoms with Gasteiger partial charge in [0, 0.05) is 42.6 Å². The number of hydrogen-bond acceptors (Lipinski definition) is 13. The first-order valence-electron chi connectivity index (χ1n) is 17.2. The minimum Gasteiger partial charge on any atom is -0.506 e. The summed E-state index contributed by atoms with van der Waals surface area (Å²) in [6.07, 6.45) is 3.69. The van der Waals surface area contributed by atoms with Gasteiger partial charge in [-0.15, -0.1) is 45.3 Å². The number of aromatic carboxylic acids is 2. The lowest BCUT2D eigenvalue weighted by Gasteiger charge is -2.07. The Morgan fingerprint density at radius 2 is 1.07 bits per heavy atom. The van der Waals surface area contributed by atoms with Gasteiger partial charge < -0.3 is 20.4 Å². The van der Waals surface area contributed by atoms with Gasteiger partial charge in [0.1, 0.15) is 30.7 Å². The van der Waals surface area contributed by atoms with E-state index in [0.717, 1.165) is 45.3 Å². The third-order valence-corrected chi connectivity index (χ3v) is 13.5. The van der Waals surface area contributed by atoms with Crippen LogP contribution in [0.25, 0.3) is 41.4 Å². The maximum Gasteiger partial charge on any atom is 0.337 e. The highest BCUT2D eigenvalue weighted by atomic mass is 32.1. The van der Waals surface area contributed by atoms with E-state index in [9.17, 15) is 57.2 Å². The largest absolute Gasteiger partial charge is 0.506 e. The quantitative estimate of drug-likeness (QED) is 0.0756. The number of carbonyl (C=O) groups is 4. The fourth-order valence-electron chi connectivity index (χ4n) is 6.17. The molecular weight excluding hydrogens is 867 g/mol. The molecule has 8 rings (SSSR count). The van der Waals surface area contributed by atoms with Crippen LogP contribution in [0.5, 0.6) is 11.5 Å². The van der Waals surface area contributed by atoms with Gasteiger partial charge in [0.15, 0.2) is 40.6 Å². The number of Topliss-reactive ketones (excluding diaryl/α,β-unsaturated/α-hetero) is 2. The Kier molecular flexibility index (Phi) is 11.6. The molecule has 0 fully saturated rings. The van der Waals surface area contributed by atoms with Crippen molar-refractivity contribution < 1.29 is 57.2 Å². The molecule has 0 spiro atoms. The van der Waals surface area contributed by atoms with Crippen LogP contribution in [0.1, 0.15) is 62.3 Å². The van der Waals surface area contributed by atoms with Crippen LogP contribution >= 0.6 is 45.3 Å². The number of carboxylic acid groups (broad SMARTS) is 2.